The Morgan fingerprint density at radius 2 is 1.84 bits per heavy atom. The Morgan fingerprint density at radius 1 is 1.12 bits per heavy atom. The van der Waals surface area contributed by atoms with Gasteiger partial charge in [-0.1, -0.05) is 18.2 Å². The zero-order chi connectivity index (χ0) is 18.2. The summed E-state index contributed by atoms with van der Waals surface area (Å²) >= 11 is 0. The molecule has 0 aliphatic heterocycles. The highest BCUT2D eigenvalue weighted by Gasteiger charge is 2.37. The number of nitrogen functional groups attached to an aromatic ring is 1. The Hall–Kier alpha value is -2.06. The minimum Gasteiger partial charge on any atom is -0.399 e. The molecule has 3 N–H and O–H groups in total. The van der Waals surface area contributed by atoms with E-state index in [1.807, 2.05) is 0 Å². The number of nitrogens with one attached hydrogen (secondary N) is 1. The first-order valence-corrected chi connectivity index (χ1v) is 9.23. The van der Waals surface area contributed by atoms with E-state index in [1.165, 1.54) is 12.1 Å². The third-order valence-electron chi connectivity index (χ3n) is 4.26. The van der Waals surface area contributed by atoms with Crippen LogP contribution in [-0.4, -0.2) is 8.42 Å². The van der Waals surface area contributed by atoms with Crippen LogP contribution in [-0.2, 0) is 22.6 Å². The molecule has 3 rings (SSSR count). The van der Waals surface area contributed by atoms with Gasteiger partial charge in [-0.15, -0.1) is 0 Å². The van der Waals surface area contributed by atoms with Crippen LogP contribution in [0.15, 0.2) is 47.4 Å². The molecule has 0 fully saturated rings. The van der Waals surface area contributed by atoms with E-state index in [1.54, 1.807) is 18.2 Å². The van der Waals surface area contributed by atoms with Gasteiger partial charge in [0.15, 0.2) is 0 Å². The smallest absolute Gasteiger partial charge is 0.399 e. The standard InChI is InChI=1S/C17H17F3N2O2S/c18-17(19,20)14-5-1-2-7-16(14)25(23,24)22-15-6-3-4-11-10-12(21)8-9-13(11)15/h1-2,5,7-10,15,22H,3-4,6,21H2. The maximum atomic E-state index is 13.1. The van der Waals surface area contributed by atoms with Crippen LogP contribution in [0.5, 0.6) is 0 Å². The van der Waals surface area contributed by atoms with Gasteiger partial charge >= 0.3 is 6.18 Å². The molecule has 8 heteroatoms. The maximum Gasteiger partial charge on any atom is 0.417 e. The summed E-state index contributed by atoms with van der Waals surface area (Å²) in [5, 5.41) is 0. The van der Waals surface area contributed by atoms with Crippen molar-refractivity contribution < 1.29 is 21.6 Å². The summed E-state index contributed by atoms with van der Waals surface area (Å²) in [5.41, 5.74) is 6.83. The average molecular weight is 370 g/mol. The number of rotatable bonds is 3. The number of anilines is 1. The van der Waals surface area contributed by atoms with E-state index < -0.39 is 32.7 Å². The van der Waals surface area contributed by atoms with E-state index >= 15 is 0 Å². The second-order valence-electron chi connectivity index (χ2n) is 6.02. The molecule has 0 radical (unpaired) electrons. The Bertz CT molecular complexity index is 895. The lowest BCUT2D eigenvalue weighted by Crippen LogP contribution is -2.32. The summed E-state index contributed by atoms with van der Waals surface area (Å²) in [5.74, 6) is 0. The monoisotopic (exact) mass is 370 g/mol. The van der Waals surface area contributed by atoms with Gasteiger partial charge in [-0.25, -0.2) is 13.1 Å². The lowest BCUT2D eigenvalue weighted by molar-refractivity contribution is -0.139. The third-order valence-corrected chi connectivity index (χ3v) is 5.79. The molecule has 4 nitrogen and oxygen atoms in total. The fourth-order valence-corrected chi connectivity index (χ4v) is 4.62. The van der Waals surface area contributed by atoms with Gasteiger partial charge in [0, 0.05) is 11.7 Å². The zero-order valence-corrected chi connectivity index (χ0v) is 14.0. The summed E-state index contributed by atoms with van der Waals surface area (Å²) in [6, 6.07) is 8.78. The van der Waals surface area contributed by atoms with Gasteiger partial charge in [-0.2, -0.15) is 13.2 Å². The highest BCUT2D eigenvalue weighted by Crippen LogP contribution is 2.36. The summed E-state index contributed by atoms with van der Waals surface area (Å²) in [4.78, 5) is -0.759. The molecular weight excluding hydrogens is 353 g/mol. The lowest BCUT2D eigenvalue weighted by atomic mass is 9.88. The van der Waals surface area contributed by atoms with Gasteiger partial charge in [-0.05, 0) is 54.7 Å². The molecule has 25 heavy (non-hydrogen) atoms. The quantitative estimate of drug-likeness (QED) is 0.810. The van der Waals surface area contributed by atoms with Crippen molar-refractivity contribution in [2.24, 2.45) is 0 Å². The van der Waals surface area contributed by atoms with E-state index in [0.717, 1.165) is 36.1 Å². The molecule has 1 atom stereocenters. The number of aryl methyl sites for hydroxylation is 1. The van der Waals surface area contributed by atoms with Crippen LogP contribution in [0.4, 0.5) is 18.9 Å². The summed E-state index contributed by atoms with van der Waals surface area (Å²) in [7, 11) is -4.33. The van der Waals surface area contributed by atoms with Crippen LogP contribution in [0.1, 0.15) is 35.6 Å². The number of halogens is 3. The van der Waals surface area contributed by atoms with Crippen molar-refractivity contribution in [2.75, 3.05) is 5.73 Å². The number of sulfonamides is 1. The van der Waals surface area contributed by atoms with Gasteiger partial charge < -0.3 is 5.73 Å². The van der Waals surface area contributed by atoms with Gasteiger partial charge in [0.2, 0.25) is 10.0 Å². The van der Waals surface area contributed by atoms with Gasteiger partial charge in [0.25, 0.3) is 0 Å². The predicted octanol–water partition coefficient (Wildman–Crippen LogP) is 3.64. The van der Waals surface area contributed by atoms with Crippen LogP contribution in [0.25, 0.3) is 0 Å². The van der Waals surface area contributed by atoms with Crippen LogP contribution < -0.4 is 10.5 Å². The SMILES string of the molecule is Nc1ccc2c(c1)CCCC2NS(=O)(=O)c1ccccc1C(F)(F)F. The zero-order valence-electron chi connectivity index (χ0n) is 13.2. The van der Waals surface area contributed by atoms with Crippen molar-refractivity contribution in [1.82, 2.24) is 4.72 Å². The Balaban J connectivity index is 1.97. The summed E-state index contributed by atoms with van der Waals surface area (Å²) in [6.45, 7) is 0. The minimum atomic E-state index is -4.75. The van der Waals surface area contributed by atoms with Crippen molar-refractivity contribution in [1.29, 1.82) is 0 Å². The molecule has 0 heterocycles. The molecular formula is C17H17F3N2O2S. The van der Waals surface area contributed by atoms with Crippen LogP contribution >= 0.6 is 0 Å². The second kappa shape index (κ2) is 6.34. The van der Waals surface area contributed by atoms with Gasteiger partial charge in [0.05, 0.1) is 10.5 Å². The lowest BCUT2D eigenvalue weighted by Gasteiger charge is -2.27. The maximum absolute atomic E-state index is 13.1. The van der Waals surface area contributed by atoms with E-state index in [4.69, 9.17) is 5.73 Å². The van der Waals surface area contributed by atoms with E-state index in [0.29, 0.717) is 12.1 Å². The largest absolute Gasteiger partial charge is 0.417 e. The van der Waals surface area contributed by atoms with Crippen molar-refractivity contribution in [2.45, 2.75) is 36.4 Å². The van der Waals surface area contributed by atoms with Crippen LogP contribution in [0.2, 0.25) is 0 Å². The fraction of sp³-hybridized carbons (Fsp3) is 0.294. The average Bonchev–Trinajstić information content (AvgIpc) is 2.54. The highest BCUT2D eigenvalue weighted by molar-refractivity contribution is 7.89. The first kappa shape index (κ1) is 17.8. The molecule has 2 aromatic carbocycles. The predicted molar refractivity (Wildman–Crippen MR) is 88.3 cm³/mol. The number of fused-ring (bicyclic) bond motifs is 1. The second-order valence-corrected chi connectivity index (χ2v) is 7.70. The first-order valence-electron chi connectivity index (χ1n) is 7.75. The molecule has 0 bridgehead atoms. The number of benzene rings is 2. The van der Waals surface area contributed by atoms with Crippen LogP contribution in [0, 0.1) is 0 Å². The van der Waals surface area contributed by atoms with Crippen molar-refractivity contribution in [3.05, 3.63) is 59.2 Å². The molecule has 0 spiro atoms. The van der Waals surface area contributed by atoms with Gasteiger partial charge in [-0.3, -0.25) is 0 Å². The number of hydrogen-bond acceptors (Lipinski definition) is 3. The topological polar surface area (TPSA) is 72.2 Å². The molecule has 134 valence electrons. The first-order chi connectivity index (χ1) is 11.7. The van der Waals surface area contributed by atoms with E-state index in [9.17, 15) is 21.6 Å². The number of alkyl halides is 3. The van der Waals surface area contributed by atoms with Crippen molar-refractivity contribution >= 4 is 15.7 Å². The molecule has 0 aromatic heterocycles. The molecule has 1 aliphatic rings. The van der Waals surface area contributed by atoms with Crippen molar-refractivity contribution in [3.63, 3.8) is 0 Å². The molecule has 1 aliphatic carbocycles. The Labute approximate surface area is 143 Å². The highest BCUT2D eigenvalue weighted by atomic mass is 32.2. The summed E-state index contributed by atoms with van der Waals surface area (Å²) < 4.78 is 67.1. The number of hydrogen-bond donors (Lipinski definition) is 2. The van der Waals surface area contributed by atoms with Crippen LogP contribution in [0.3, 0.4) is 0 Å². The molecule has 0 amide bonds. The van der Waals surface area contributed by atoms with E-state index in [2.05, 4.69) is 4.72 Å². The van der Waals surface area contributed by atoms with Crippen molar-refractivity contribution in [3.8, 4) is 0 Å². The Kier molecular flexibility index (Phi) is 4.51. The number of nitrogens with two attached hydrogens (primary N) is 1. The molecule has 0 saturated heterocycles. The fourth-order valence-electron chi connectivity index (χ4n) is 3.14. The molecule has 0 saturated carbocycles. The molecule has 1 unspecified atom stereocenters. The summed E-state index contributed by atoms with van der Waals surface area (Å²) in [6.07, 6.45) is -2.74. The Morgan fingerprint density at radius 3 is 2.56 bits per heavy atom. The minimum absolute atomic E-state index is 0.518. The van der Waals surface area contributed by atoms with E-state index in [-0.39, 0.29) is 0 Å². The normalized spacial score (nSPS) is 18.0. The van der Waals surface area contributed by atoms with Gasteiger partial charge in [0.1, 0.15) is 0 Å². The third kappa shape index (κ3) is 3.64. The molecule has 2 aromatic rings.